The molecule has 1 aromatic heterocycles. The van der Waals surface area contributed by atoms with Crippen molar-refractivity contribution in [3.63, 3.8) is 0 Å². The van der Waals surface area contributed by atoms with Crippen molar-refractivity contribution >= 4 is 35.0 Å². The first-order chi connectivity index (χ1) is 12.6. The number of halogens is 2. The molecule has 3 aromatic rings. The summed E-state index contributed by atoms with van der Waals surface area (Å²) in [5, 5.41) is 10.5. The van der Waals surface area contributed by atoms with Gasteiger partial charge in [0.05, 0.1) is 11.6 Å². The summed E-state index contributed by atoms with van der Waals surface area (Å²) in [6.07, 6.45) is 0. The molecule has 0 fully saturated rings. The molecule has 1 heterocycles. The monoisotopic (exact) mass is 409 g/mol. The van der Waals surface area contributed by atoms with E-state index in [0.717, 1.165) is 22.5 Å². The molecule has 0 saturated heterocycles. The lowest BCUT2D eigenvalue weighted by Crippen LogP contribution is -2.05. The van der Waals surface area contributed by atoms with Crippen molar-refractivity contribution in [3.8, 4) is 11.5 Å². The second-order valence-corrected chi connectivity index (χ2v) is 7.23. The highest BCUT2D eigenvalue weighted by atomic mass is 35.5. The maximum atomic E-state index is 6.06. The van der Waals surface area contributed by atoms with E-state index in [4.69, 9.17) is 32.7 Å². The van der Waals surface area contributed by atoms with Gasteiger partial charge in [-0.3, -0.25) is 0 Å². The SMILES string of the molecule is Cn1c(COc2ccc(Cl)cc2)nnc1SCCOc1ccccc1Cl. The molecule has 8 heteroatoms. The zero-order chi connectivity index (χ0) is 18.4. The molecule has 0 aliphatic heterocycles. The number of thioether (sulfide) groups is 1. The smallest absolute Gasteiger partial charge is 0.191 e. The standard InChI is InChI=1S/C18H17Cl2N3O2S/c1-23-17(12-25-14-8-6-13(19)7-9-14)21-22-18(23)26-11-10-24-16-5-3-2-4-15(16)20/h2-9H,10-12H2,1H3. The Kier molecular flexibility index (Phi) is 6.66. The van der Waals surface area contributed by atoms with Crippen molar-refractivity contribution in [2.75, 3.05) is 12.4 Å². The van der Waals surface area contributed by atoms with Gasteiger partial charge in [0.25, 0.3) is 0 Å². The van der Waals surface area contributed by atoms with Crippen LogP contribution in [0.2, 0.25) is 10.0 Å². The number of ether oxygens (including phenoxy) is 2. The number of nitrogens with zero attached hydrogens (tertiary/aromatic N) is 3. The summed E-state index contributed by atoms with van der Waals surface area (Å²) >= 11 is 13.5. The molecule has 5 nitrogen and oxygen atoms in total. The summed E-state index contributed by atoms with van der Waals surface area (Å²) in [6, 6.07) is 14.6. The molecular formula is C18H17Cl2N3O2S. The summed E-state index contributed by atoms with van der Waals surface area (Å²) in [7, 11) is 1.91. The Bertz CT molecular complexity index is 856. The highest BCUT2D eigenvalue weighted by molar-refractivity contribution is 7.99. The largest absolute Gasteiger partial charge is 0.491 e. The number of rotatable bonds is 8. The Balaban J connectivity index is 1.47. The van der Waals surface area contributed by atoms with E-state index < -0.39 is 0 Å². The average Bonchev–Trinajstić information content (AvgIpc) is 2.99. The van der Waals surface area contributed by atoms with E-state index in [2.05, 4.69) is 10.2 Å². The van der Waals surface area contributed by atoms with Crippen LogP contribution in [0.4, 0.5) is 0 Å². The molecule has 0 unspecified atom stereocenters. The summed E-state index contributed by atoms with van der Waals surface area (Å²) in [6.45, 7) is 0.861. The van der Waals surface area contributed by atoms with Crippen molar-refractivity contribution in [3.05, 3.63) is 64.4 Å². The zero-order valence-corrected chi connectivity index (χ0v) is 16.4. The molecule has 0 aliphatic rings. The van der Waals surface area contributed by atoms with Crippen LogP contribution in [0.15, 0.2) is 53.7 Å². The first-order valence-corrected chi connectivity index (χ1v) is 9.64. The van der Waals surface area contributed by atoms with Crippen molar-refractivity contribution in [1.82, 2.24) is 14.8 Å². The van der Waals surface area contributed by atoms with E-state index in [1.165, 1.54) is 0 Å². The summed E-state index contributed by atoms with van der Waals surface area (Å²) in [5.74, 6) is 2.90. The highest BCUT2D eigenvalue weighted by Gasteiger charge is 2.10. The first-order valence-electron chi connectivity index (χ1n) is 7.90. The Labute approximate surface area is 166 Å². The van der Waals surface area contributed by atoms with Crippen LogP contribution in [0, 0.1) is 0 Å². The van der Waals surface area contributed by atoms with Crippen LogP contribution in [0.1, 0.15) is 5.82 Å². The van der Waals surface area contributed by atoms with E-state index in [1.807, 2.05) is 41.9 Å². The van der Waals surface area contributed by atoms with Crippen molar-refractivity contribution in [2.45, 2.75) is 11.8 Å². The quantitative estimate of drug-likeness (QED) is 0.392. The lowest BCUT2D eigenvalue weighted by atomic mass is 10.3. The van der Waals surface area contributed by atoms with Gasteiger partial charge in [0.15, 0.2) is 11.0 Å². The summed E-state index contributed by atoms with van der Waals surface area (Å²) < 4.78 is 13.3. The second kappa shape index (κ2) is 9.16. The number of hydrogen-bond donors (Lipinski definition) is 0. The third kappa shape index (κ3) is 5.06. The Morgan fingerprint density at radius 3 is 2.54 bits per heavy atom. The number of aromatic nitrogens is 3. The molecule has 0 bridgehead atoms. The third-order valence-electron chi connectivity index (χ3n) is 3.52. The molecular weight excluding hydrogens is 393 g/mol. The van der Waals surface area contributed by atoms with Crippen LogP contribution in [-0.4, -0.2) is 27.1 Å². The summed E-state index contributed by atoms with van der Waals surface area (Å²) in [4.78, 5) is 0. The maximum Gasteiger partial charge on any atom is 0.191 e. The molecule has 3 rings (SSSR count). The molecule has 0 amide bonds. The Morgan fingerprint density at radius 2 is 1.77 bits per heavy atom. The molecule has 26 heavy (non-hydrogen) atoms. The fourth-order valence-electron chi connectivity index (χ4n) is 2.12. The van der Waals surface area contributed by atoms with Gasteiger partial charge in [-0.05, 0) is 36.4 Å². The van der Waals surface area contributed by atoms with Gasteiger partial charge in [0.2, 0.25) is 0 Å². The van der Waals surface area contributed by atoms with Crippen LogP contribution in [0.3, 0.4) is 0 Å². The predicted octanol–water partition coefficient (Wildman–Crippen LogP) is 4.87. The second-order valence-electron chi connectivity index (χ2n) is 5.33. The minimum absolute atomic E-state index is 0.335. The van der Waals surface area contributed by atoms with Crippen molar-refractivity contribution in [1.29, 1.82) is 0 Å². The lowest BCUT2D eigenvalue weighted by Gasteiger charge is -2.08. The van der Waals surface area contributed by atoms with E-state index in [1.54, 1.807) is 30.0 Å². The number of benzene rings is 2. The van der Waals surface area contributed by atoms with Gasteiger partial charge in [-0.1, -0.05) is 47.1 Å². The predicted molar refractivity (Wildman–Crippen MR) is 104 cm³/mol. The van der Waals surface area contributed by atoms with E-state index in [0.29, 0.717) is 29.0 Å². The Hall–Kier alpha value is -1.89. The molecule has 0 radical (unpaired) electrons. The molecule has 0 atom stereocenters. The number of hydrogen-bond acceptors (Lipinski definition) is 5. The van der Waals surface area contributed by atoms with E-state index >= 15 is 0 Å². The van der Waals surface area contributed by atoms with Gasteiger partial charge in [-0.2, -0.15) is 0 Å². The van der Waals surface area contributed by atoms with Gasteiger partial charge in [-0.15, -0.1) is 10.2 Å². The minimum atomic E-state index is 0.335. The van der Waals surface area contributed by atoms with Gasteiger partial charge in [0, 0.05) is 17.8 Å². The highest BCUT2D eigenvalue weighted by Crippen LogP contribution is 2.24. The normalized spacial score (nSPS) is 10.7. The van der Waals surface area contributed by atoms with Crippen LogP contribution in [0.5, 0.6) is 11.5 Å². The molecule has 2 aromatic carbocycles. The van der Waals surface area contributed by atoms with Crippen LogP contribution < -0.4 is 9.47 Å². The molecule has 0 spiro atoms. The summed E-state index contributed by atoms with van der Waals surface area (Å²) in [5.41, 5.74) is 0. The van der Waals surface area contributed by atoms with Gasteiger partial charge in [-0.25, -0.2) is 0 Å². The van der Waals surface area contributed by atoms with Gasteiger partial charge >= 0.3 is 0 Å². The Morgan fingerprint density at radius 1 is 1.00 bits per heavy atom. The van der Waals surface area contributed by atoms with Crippen molar-refractivity contribution < 1.29 is 9.47 Å². The van der Waals surface area contributed by atoms with Gasteiger partial charge in [0.1, 0.15) is 18.1 Å². The molecule has 0 saturated carbocycles. The minimum Gasteiger partial charge on any atom is -0.491 e. The average molecular weight is 410 g/mol. The fourth-order valence-corrected chi connectivity index (χ4v) is 3.18. The molecule has 0 N–H and O–H groups in total. The molecule has 136 valence electrons. The van der Waals surface area contributed by atoms with Crippen LogP contribution in [-0.2, 0) is 13.7 Å². The van der Waals surface area contributed by atoms with Crippen LogP contribution in [0.25, 0.3) is 0 Å². The van der Waals surface area contributed by atoms with Crippen molar-refractivity contribution in [2.24, 2.45) is 7.05 Å². The maximum absolute atomic E-state index is 6.06. The first kappa shape index (κ1) is 18.9. The third-order valence-corrected chi connectivity index (χ3v) is 5.06. The van der Waals surface area contributed by atoms with E-state index in [-0.39, 0.29) is 0 Å². The topological polar surface area (TPSA) is 49.2 Å². The van der Waals surface area contributed by atoms with Crippen LogP contribution >= 0.6 is 35.0 Å². The van der Waals surface area contributed by atoms with Gasteiger partial charge < -0.3 is 14.0 Å². The molecule has 0 aliphatic carbocycles. The van der Waals surface area contributed by atoms with E-state index in [9.17, 15) is 0 Å². The fraction of sp³-hybridized carbons (Fsp3) is 0.222. The lowest BCUT2D eigenvalue weighted by molar-refractivity contribution is 0.290. The number of para-hydroxylation sites is 1. The zero-order valence-electron chi connectivity index (χ0n) is 14.1.